The molecular formula is C23H19N3O2. The van der Waals surface area contributed by atoms with E-state index in [0.29, 0.717) is 12.3 Å². The third-order valence-electron chi connectivity index (χ3n) is 4.87. The van der Waals surface area contributed by atoms with Crippen LogP contribution >= 0.6 is 0 Å². The average molecular weight is 369 g/mol. The van der Waals surface area contributed by atoms with Gasteiger partial charge in [-0.25, -0.2) is 0 Å². The van der Waals surface area contributed by atoms with Gasteiger partial charge in [-0.1, -0.05) is 24.3 Å². The van der Waals surface area contributed by atoms with Gasteiger partial charge in [0.25, 0.3) is 5.91 Å². The number of fused-ring (bicyclic) bond motifs is 1. The van der Waals surface area contributed by atoms with Gasteiger partial charge in [-0.3, -0.25) is 4.79 Å². The first kappa shape index (κ1) is 17.6. The molecule has 4 rings (SSSR count). The quantitative estimate of drug-likeness (QED) is 0.686. The normalized spacial score (nSPS) is 12.9. The molecule has 1 aliphatic heterocycles. The molecule has 0 spiro atoms. The summed E-state index contributed by atoms with van der Waals surface area (Å²) >= 11 is 0. The first-order valence-electron chi connectivity index (χ1n) is 9.01. The zero-order valence-electron chi connectivity index (χ0n) is 15.5. The molecule has 0 N–H and O–H groups in total. The molecule has 5 heteroatoms. The number of aromatic nitrogens is 1. The smallest absolute Gasteiger partial charge is 0.274 e. The van der Waals surface area contributed by atoms with Gasteiger partial charge in [-0.2, -0.15) is 5.26 Å². The topological polar surface area (TPSA) is 58.3 Å². The number of carbonyl (C=O) groups excluding carboxylic acids is 1. The fourth-order valence-corrected chi connectivity index (χ4v) is 3.41. The van der Waals surface area contributed by atoms with Crippen molar-refractivity contribution in [1.29, 1.82) is 5.26 Å². The summed E-state index contributed by atoms with van der Waals surface area (Å²) in [6.07, 6.45) is 5.62. The Morgan fingerprint density at radius 2 is 2.04 bits per heavy atom. The summed E-state index contributed by atoms with van der Waals surface area (Å²) in [7, 11) is 1.75. The lowest BCUT2D eigenvalue weighted by Gasteiger charge is -2.18. The molecule has 1 aliphatic rings. The minimum atomic E-state index is -0.149. The van der Waals surface area contributed by atoms with Gasteiger partial charge < -0.3 is 14.2 Å². The summed E-state index contributed by atoms with van der Waals surface area (Å²) in [4.78, 5) is 14.8. The van der Waals surface area contributed by atoms with Gasteiger partial charge in [-0.05, 0) is 53.6 Å². The fraction of sp³-hybridized carbons (Fsp3) is 0.130. The van der Waals surface area contributed by atoms with Crippen molar-refractivity contribution in [3.63, 3.8) is 0 Å². The van der Waals surface area contributed by atoms with Crippen molar-refractivity contribution in [3.8, 4) is 6.07 Å². The minimum Gasteiger partial charge on any atom is -0.497 e. The summed E-state index contributed by atoms with van der Waals surface area (Å²) in [5.74, 6) is -0.149. The second-order valence-electron chi connectivity index (χ2n) is 6.54. The number of benzene rings is 2. The molecule has 5 nitrogen and oxygen atoms in total. The van der Waals surface area contributed by atoms with Crippen molar-refractivity contribution in [2.45, 2.75) is 6.54 Å². The molecule has 0 aliphatic carbocycles. The number of hydrogen-bond donors (Lipinski definition) is 0. The number of para-hydroxylation sites is 1. The van der Waals surface area contributed by atoms with Gasteiger partial charge in [0, 0.05) is 23.6 Å². The van der Waals surface area contributed by atoms with Crippen molar-refractivity contribution in [3.05, 3.63) is 84.3 Å². The molecule has 0 bridgehead atoms. The molecule has 1 aromatic heterocycles. The molecule has 0 radical (unpaired) electrons. The van der Waals surface area contributed by atoms with E-state index < -0.39 is 0 Å². The summed E-state index contributed by atoms with van der Waals surface area (Å²) in [5, 5.41) is 10.2. The molecule has 0 fully saturated rings. The van der Waals surface area contributed by atoms with E-state index >= 15 is 0 Å². The van der Waals surface area contributed by atoms with Gasteiger partial charge in [0.15, 0.2) is 0 Å². The molecule has 1 amide bonds. The van der Waals surface area contributed by atoms with Gasteiger partial charge in [0.05, 0.1) is 12.3 Å². The lowest BCUT2D eigenvalue weighted by molar-refractivity contribution is 0.0985. The third kappa shape index (κ3) is 3.17. The number of rotatable bonds is 4. The Morgan fingerprint density at radius 3 is 2.75 bits per heavy atom. The predicted octanol–water partition coefficient (Wildman–Crippen LogP) is 4.37. The molecule has 0 unspecified atom stereocenters. The Labute approximate surface area is 163 Å². The van der Waals surface area contributed by atoms with E-state index in [1.807, 2.05) is 66.7 Å². The van der Waals surface area contributed by atoms with Crippen LogP contribution in [0, 0.1) is 11.3 Å². The maximum atomic E-state index is 13.2. The lowest BCUT2D eigenvalue weighted by Crippen LogP contribution is -2.28. The first-order valence-corrected chi connectivity index (χ1v) is 9.01. The van der Waals surface area contributed by atoms with E-state index in [2.05, 4.69) is 6.07 Å². The van der Waals surface area contributed by atoms with E-state index in [9.17, 15) is 10.1 Å². The number of amides is 1. The number of nitrogens with zero attached hydrogens (tertiary/aromatic N) is 3. The second-order valence-corrected chi connectivity index (χ2v) is 6.54. The molecule has 0 saturated carbocycles. The van der Waals surface area contributed by atoms with Crippen LogP contribution in [0.5, 0.6) is 0 Å². The highest BCUT2D eigenvalue weighted by molar-refractivity contribution is 6.08. The van der Waals surface area contributed by atoms with Crippen molar-refractivity contribution < 1.29 is 9.53 Å². The molecule has 3 aromatic rings. The fourth-order valence-electron chi connectivity index (χ4n) is 3.41. The number of allylic oxidation sites excluding steroid dienone is 2. The summed E-state index contributed by atoms with van der Waals surface area (Å²) in [6, 6.07) is 19.5. The van der Waals surface area contributed by atoms with Crippen LogP contribution in [0.3, 0.4) is 0 Å². The maximum Gasteiger partial charge on any atom is 0.274 e. The van der Waals surface area contributed by atoms with Crippen LogP contribution < -0.4 is 4.90 Å². The highest BCUT2D eigenvalue weighted by atomic mass is 16.5. The highest BCUT2D eigenvalue weighted by Gasteiger charge is 2.20. The van der Waals surface area contributed by atoms with Crippen LogP contribution in [0.1, 0.15) is 16.1 Å². The first-order chi connectivity index (χ1) is 13.7. The molecule has 138 valence electrons. The molecule has 0 saturated heterocycles. The number of nitriles is 1. The van der Waals surface area contributed by atoms with Gasteiger partial charge in [-0.15, -0.1) is 0 Å². The van der Waals surface area contributed by atoms with Crippen LogP contribution in [0.2, 0.25) is 0 Å². The molecule has 28 heavy (non-hydrogen) atoms. The molecule has 2 heterocycles. The Morgan fingerprint density at radius 1 is 1.21 bits per heavy atom. The number of carbonyl (C=O) groups is 1. The maximum absolute atomic E-state index is 13.2. The van der Waals surface area contributed by atoms with E-state index in [4.69, 9.17) is 4.74 Å². The Balaban J connectivity index is 1.78. The second kappa shape index (κ2) is 7.45. The van der Waals surface area contributed by atoms with Crippen LogP contribution in [0.4, 0.5) is 5.69 Å². The Bertz CT molecular complexity index is 1130. The summed E-state index contributed by atoms with van der Waals surface area (Å²) < 4.78 is 6.99. The van der Waals surface area contributed by atoms with Crippen molar-refractivity contribution >= 4 is 28.1 Å². The highest BCUT2D eigenvalue weighted by Crippen LogP contribution is 2.27. The summed E-state index contributed by atoms with van der Waals surface area (Å²) in [5.41, 5.74) is 4.30. The zero-order valence-corrected chi connectivity index (χ0v) is 15.5. The van der Waals surface area contributed by atoms with Gasteiger partial charge in [0.1, 0.15) is 18.8 Å². The number of hydrogen-bond acceptors (Lipinski definition) is 3. The molecule has 2 aromatic carbocycles. The van der Waals surface area contributed by atoms with Gasteiger partial charge in [0.2, 0.25) is 0 Å². The number of anilines is 1. The number of ether oxygens (including phenoxy) is 1. The van der Waals surface area contributed by atoms with E-state index in [-0.39, 0.29) is 12.5 Å². The molecule has 0 atom stereocenters. The van der Waals surface area contributed by atoms with Crippen LogP contribution in [-0.4, -0.2) is 24.1 Å². The van der Waals surface area contributed by atoms with Crippen molar-refractivity contribution in [2.24, 2.45) is 0 Å². The predicted molar refractivity (Wildman–Crippen MR) is 110 cm³/mol. The van der Waals surface area contributed by atoms with Crippen LogP contribution in [-0.2, 0) is 11.3 Å². The largest absolute Gasteiger partial charge is 0.497 e. The Kier molecular flexibility index (Phi) is 4.69. The minimum absolute atomic E-state index is 0.114. The zero-order chi connectivity index (χ0) is 19.5. The standard InChI is InChI=1S/C23H19N3O2/c1-25(20-5-3-2-4-6-20)23(27)22-16-19-15-18(17-9-13-28-14-10-17)7-8-21(19)26(22)12-11-24/h2-10,13,15-16H,12,14H2,1H3. The van der Waals surface area contributed by atoms with E-state index in [1.54, 1.807) is 22.8 Å². The van der Waals surface area contributed by atoms with Gasteiger partial charge >= 0.3 is 0 Å². The monoisotopic (exact) mass is 369 g/mol. The van der Waals surface area contributed by atoms with E-state index in [1.165, 1.54) is 0 Å². The lowest BCUT2D eigenvalue weighted by atomic mass is 10.0. The average Bonchev–Trinajstić information content (AvgIpc) is 3.12. The summed E-state index contributed by atoms with van der Waals surface area (Å²) in [6.45, 7) is 0.661. The SMILES string of the molecule is CN(C(=O)c1cc2cc(C3=CCOC=C3)ccc2n1CC#N)c1ccccc1. The van der Waals surface area contributed by atoms with E-state index in [0.717, 1.165) is 27.7 Å². The third-order valence-corrected chi connectivity index (χ3v) is 4.87. The van der Waals surface area contributed by atoms with Crippen LogP contribution in [0.25, 0.3) is 16.5 Å². The van der Waals surface area contributed by atoms with Crippen molar-refractivity contribution in [1.82, 2.24) is 4.57 Å². The van der Waals surface area contributed by atoms with Crippen LogP contribution in [0.15, 0.2) is 73.0 Å². The Hall–Kier alpha value is -3.78. The van der Waals surface area contributed by atoms with Crippen molar-refractivity contribution in [2.75, 3.05) is 18.6 Å². The molecular weight excluding hydrogens is 350 g/mol.